The van der Waals surface area contributed by atoms with Crippen molar-refractivity contribution in [3.05, 3.63) is 0 Å². The van der Waals surface area contributed by atoms with Crippen LogP contribution in [0.15, 0.2) is 0 Å². The van der Waals surface area contributed by atoms with Crippen molar-refractivity contribution in [2.24, 2.45) is 0 Å². The number of carboxylic acid groups (broad SMARTS) is 1. The standard InChI is InChI=1S/C5H8BrNO2/c6-3-1-2-7-4(3)5(8)9/h3-4,7H,1-2H2,(H,8,9). The van der Waals surface area contributed by atoms with Gasteiger partial charge in [-0.3, -0.25) is 4.79 Å². The first kappa shape index (κ1) is 7.02. The maximum absolute atomic E-state index is 10.3. The Balaban J connectivity index is 2.49. The van der Waals surface area contributed by atoms with E-state index in [0.717, 1.165) is 13.0 Å². The fourth-order valence-electron chi connectivity index (χ4n) is 0.913. The largest absolute Gasteiger partial charge is 0.480 e. The Morgan fingerprint density at radius 1 is 1.78 bits per heavy atom. The number of carbonyl (C=O) groups is 1. The summed E-state index contributed by atoms with van der Waals surface area (Å²) >= 11 is 3.26. The SMILES string of the molecule is O=C(O)C1NCCC1Br. The van der Waals surface area contributed by atoms with Gasteiger partial charge >= 0.3 is 5.97 Å². The normalized spacial score (nSPS) is 34.8. The Morgan fingerprint density at radius 3 is 2.67 bits per heavy atom. The van der Waals surface area contributed by atoms with E-state index in [1.807, 2.05) is 0 Å². The molecule has 1 fully saturated rings. The fourth-order valence-corrected chi connectivity index (χ4v) is 1.56. The summed E-state index contributed by atoms with van der Waals surface area (Å²) in [5, 5.41) is 11.4. The highest BCUT2D eigenvalue weighted by Crippen LogP contribution is 2.15. The Morgan fingerprint density at radius 2 is 2.44 bits per heavy atom. The minimum atomic E-state index is -0.769. The Kier molecular flexibility index (Phi) is 2.08. The van der Waals surface area contributed by atoms with Gasteiger partial charge in [-0.15, -0.1) is 0 Å². The topological polar surface area (TPSA) is 49.3 Å². The summed E-state index contributed by atoms with van der Waals surface area (Å²) in [4.78, 5) is 10.4. The lowest BCUT2D eigenvalue weighted by molar-refractivity contribution is -0.138. The van der Waals surface area contributed by atoms with Crippen molar-refractivity contribution in [3.63, 3.8) is 0 Å². The summed E-state index contributed by atoms with van der Waals surface area (Å²) in [6, 6.07) is -0.384. The van der Waals surface area contributed by atoms with Crippen LogP contribution in [0, 0.1) is 0 Å². The zero-order chi connectivity index (χ0) is 6.85. The Hall–Kier alpha value is -0.0900. The first-order valence-electron chi connectivity index (χ1n) is 2.82. The molecule has 0 aromatic heterocycles. The number of hydrogen-bond acceptors (Lipinski definition) is 2. The molecule has 52 valence electrons. The molecule has 0 amide bonds. The third kappa shape index (κ3) is 1.43. The lowest BCUT2D eigenvalue weighted by Crippen LogP contribution is -2.35. The highest BCUT2D eigenvalue weighted by atomic mass is 79.9. The molecular formula is C5H8BrNO2. The third-order valence-electron chi connectivity index (χ3n) is 1.41. The maximum atomic E-state index is 10.3. The minimum Gasteiger partial charge on any atom is -0.480 e. The molecule has 1 saturated heterocycles. The van der Waals surface area contributed by atoms with E-state index >= 15 is 0 Å². The summed E-state index contributed by atoms with van der Waals surface area (Å²) in [5.41, 5.74) is 0. The van der Waals surface area contributed by atoms with Gasteiger partial charge in [-0.25, -0.2) is 0 Å². The van der Waals surface area contributed by atoms with E-state index in [1.165, 1.54) is 0 Å². The van der Waals surface area contributed by atoms with Crippen LogP contribution < -0.4 is 5.32 Å². The molecule has 0 aromatic rings. The Labute approximate surface area is 61.6 Å². The number of carboxylic acids is 1. The third-order valence-corrected chi connectivity index (χ3v) is 2.40. The summed E-state index contributed by atoms with van der Waals surface area (Å²) in [6.45, 7) is 0.798. The number of rotatable bonds is 1. The zero-order valence-electron chi connectivity index (χ0n) is 4.80. The van der Waals surface area contributed by atoms with Crippen LogP contribution in [0.5, 0.6) is 0 Å². The van der Waals surface area contributed by atoms with Crippen molar-refractivity contribution >= 4 is 21.9 Å². The van der Waals surface area contributed by atoms with E-state index < -0.39 is 5.97 Å². The molecule has 1 rings (SSSR count). The molecule has 2 atom stereocenters. The lowest BCUT2D eigenvalue weighted by atomic mass is 10.2. The van der Waals surface area contributed by atoms with Gasteiger partial charge in [-0.05, 0) is 13.0 Å². The molecule has 0 spiro atoms. The summed E-state index contributed by atoms with van der Waals surface area (Å²) in [6.07, 6.45) is 0.900. The molecule has 0 saturated carbocycles. The van der Waals surface area contributed by atoms with Crippen LogP contribution in [-0.4, -0.2) is 28.5 Å². The highest BCUT2D eigenvalue weighted by molar-refractivity contribution is 9.09. The van der Waals surface area contributed by atoms with Crippen molar-refractivity contribution < 1.29 is 9.90 Å². The molecule has 0 radical (unpaired) electrons. The van der Waals surface area contributed by atoms with E-state index in [-0.39, 0.29) is 10.9 Å². The predicted molar refractivity (Wildman–Crippen MR) is 36.8 cm³/mol. The average molecular weight is 194 g/mol. The second-order valence-electron chi connectivity index (χ2n) is 2.07. The van der Waals surface area contributed by atoms with E-state index in [9.17, 15) is 4.79 Å². The van der Waals surface area contributed by atoms with Gasteiger partial charge in [0.25, 0.3) is 0 Å². The molecular weight excluding hydrogens is 186 g/mol. The molecule has 0 aromatic carbocycles. The van der Waals surface area contributed by atoms with Gasteiger partial charge in [-0.2, -0.15) is 0 Å². The minimum absolute atomic E-state index is 0.106. The molecule has 4 heteroatoms. The lowest BCUT2D eigenvalue weighted by Gasteiger charge is -2.06. The van der Waals surface area contributed by atoms with Gasteiger partial charge in [-0.1, -0.05) is 15.9 Å². The van der Waals surface area contributed by atoms with Crippen LogP contribution in [0.3, 0.4) is 0 Å². The van der Waals surface area contributed by atoms with Gasteiger partial charge in [0, 0.05) is 4.83 Å². The maximum Gasteiger partial charge on any atom is 0.321 e. The van der Waals surface area contributed by atoms with E-state index in [4.69, 9.17) is 5.11 Å². The van der Waals surface area contributed by atoms with Crippen LogP contribution >= 0.6 is 15.9 Å². The molecule has 2 N–H and O–H groups in total. The summed E-state index contributed by atoms with van der Waals surface area (Å²) < 4.78 is 0. The molecule has 1 aliphatic heterocycles. The monoisotopic (exact) mass is 193 g/mol. The van der Waals surface area contributed by atoms with Crippen LogP contribution in [-0.2, 0) is 4.79 Å². The first-order chi connectivity index (χ1) is 4.22. The number of hydrogen-bond donors (Lipinski definition) is 2. The van der Waals surface area contributed by atoms with Gasteiger partial charge in [0.1, 0.15) is 6.04 Å². The van der Waals surface area contributed by atoms with Gasteiger partial charge < -0.3 is 10.4 Å². The zero-order valence-corrected chi connectivity index (χ0v) is 6.39. The molecule has 1 heterocycles. The number of halogens is 1. The summed E-state index contributed by atoms with van der Waals surface area (Å²) in [7, 11) is 0. The highest BCUT2D eigenvalue weighted by Gasteiger charge is 2.29. The Bertz CT molecular complexity index is 128. The predicted octanol–water partition coefficient (Wildman–Crippen LogP) is 0.196. The van der Waals surface area contributed by atoms with Crippen molar-refractivity contribution in [2.75, 3.05) is 6.54 Å². The molecule has 2 unspecified atom stereocenters. The van der Waals surface area contributed by atoms with Gasteiger partial charge in [0.05, 0.1) is 0 Å². The molecule has 0 bridgehead atoms. The quantitative estimate of drug-likeness (QED) is 0.586. The number of alkyl halides is 1. The fraction of sp³-hybridized carbons (Fsp3) is 0.800. The molecule has 0 aliphatic carbocycles. The van der Waals surface area contributed by atoms with Crippen LogP contribution in [0.1, 0.15) is 6.42 Å². The first-order valence-corrected chi connectivity index (χ1v) is 3.73. The second kappa shape index (κ2) is 2.66. The van der Waals surface area contributed by atoms with Crippen molar-refractivity contribution in [1.29, 1.82) is 0 Å². The van der Waals surface area contributed by atoms with Gasteiger partial charge in [0.2, 0.25) is 0 Å². The summed E-state index contributed by atoms with van der Waals surface area (Å²) in [5.74, 6) is -0.769. The second-order valence-corrected chi connectivity index (χ2v) is 3.25. The number of nitrogens with one attached hydrogen (secondary N) is 1. The van der Waals surface area contributed by atoms with E-state index in [0.29, 0.717) is 0 Å². The van der Waals surface area contributed by atoms with Gasteiger partial charge in [0.15, 0.2) is 0 Å². The van der Waals surface area contributed by atoms with Crippen molar-refractivity contribution in [3.8, 4) is 0 Å². The van der Waals surface area contributed by atoms with E-state index in [1.54, 1.807) is 0 Å². The van der Waals surface area contributed by atoms with Crippen molar-refractivity contribution in [1.82, 2.24) is 5.32 Å². The van der Waals surface area contributed by atoms with Crippen LogP contribution in [0.25, 0.3) is 0 Å². The average Bonchev–Trinajstić information content (AvgIpc) is 2.13. The molecule has 9 heavy (non-hydrogen) atoms. The van der Waals surface area contributed by atoms with Crippen molar-refractivity contribution in [2.45, 2.75) is 17.3 Å². The van der Waals surface area contributed by atoms with E-state index in [2.05, 4.69) is 21.2 Å². The van der Waals surface area contributed by atoms with Crippen LogP contribution in [0.2, 0.25) is 0 Å². The molecule has 3 nitrogen and oxygen atoms in total. The van der Waals surface area contributed by atoms with Crippen LogP contribution in [0.4, 0.5) is 0 Å². The smallest absolute Gasteiger partial charge is 0.321 e. The molecule has 1 aliphatic rings. The number of aliphatic carboxylic acids is 1.